The average Bonchev–Trinajstić information content (AvgIpc) is 2.94. The second-order valence-corrected chi connectivity index (χ2v) is 9.24. The van der Waals surface area contributed by atoms with Crippen LogP contribution in [0.5, 0.6) is 0 Å². The molecule has 8 heteroatoms. The third-order valence-electron chi connectivity index (χ3n) is 4.15. The molecule has 1 amide bonds. The summed E-state index contributed by atoms with van der Waals surface area (Å²) in [5.41, 5.74) is 1.14. The molecule has 134 valence electrons. The van der Waals surface area contributed by atoms with Gasteiger partial charge >= 0.3 is 0 Å². The minimum atomic E-state index is -3.52. The lowest BCUT2D eigenvalue weighted by Crippen LogP contribution is -2.35. The fourth-order valence-electron chi connectivity index (χ4n) is 2.92. The molecule has 1 fully saturated rings. The molecule has 1 saturated heterocycles. The van der Waals surface area contributed by atoms with Crippen molar-refractivity contribution >= 4 is 33.0 Å². The first-order valence-corrected chi connectivity index (χ1v) is 10.5. The van der Waals surface area contributed by atoms with Crippen molar-refractivity contribution in [3.63, 3.8) is 0 Å². The number of nitrogens with one attached hydrogen (secondary N) is 1. The number of anilines is 1. The van der Waals surface area contributed by atoms with E-state index in [2.05, 4.69) is 10.3 Å². The summed E-state index contributed by atoms with van der Waals surface area (Å²) in [4.78, 5) is 17.4. The summed E-state index contributed by atoms with van der Waals surface area (Å²) in [6.45, 7) is 4.74. The molecule has 1 aromatic carbocycles. The van der Waals surface area contributed by atoms with Crippen LogP contribution in [0.3, 0.4) is 0 Å². The molecule has 0 saturated carbocycles. The average molecular weight is 380 g/mol. The van der Waals surface area contributed by atoms with Crippen LogP contribution in [0.15, 0.2) is 29.2 Å². The zero-order valence-corrected chi connectivity index (χ0v) is 15.9. The van der Waals surface area contributed by atoms with E-state index in [1.54, 1.807) is 25.1 Å². The number of thiazole rings is 1. The number of carbonyl (C=O) groups is 1. The standard InChI is InChI=1S/C17H21N3O3S2/c1-12-16(24-13(2)18-12)17(21)19-14-7-6-8-15(11-14)25(22,23)20-9-4-3-5-10-20/h6-8,11H,3-5,9-10H2,1-2H3,(H,19,21). The van der Waals surface area contributed by atoms with Crippen LogP contribution in [0.25, 0.3) is 0 Å². The molecule has 2 aromatic rings. The number of hydrogen-bond acceptors (Lipinski definition) is 5. The molecule has 1 N–H and O–H groups in total. The number of piperidine rings is 1. The van der Waals surface area contributed by atoms with Gasteiger partial charge in [0, 0.05) is 18.8 Å². The van der Waals surface area contributed by atoms with Crippen molar-refractivity contribution in [1.82, 2.24) is 9.29 Å². The highest BCUT2D eigenvalue weighted by Crippen LogP contribution is 2.24. The van der Waals surface area contributed by atoms with Crippen molar-refractivity contribution in [2.75, 3.05) is 18.4 Å². The van der Waals surface area contributed by atoms with Crippen molar-refractivity contribution in [1.29, 1.82) is 0 Å². The zero-order chi connectivity index (χ0) is 18.0. The molecule has 2 heterocycles. The van der Waals surface area contributed by atoms with Crippen LogP contribution >= 0.6 is 11.3 Å². The molecular weight excluding hydrogens is 358 g/mol. The number of benzene rings is 1. The van der Waals surface area contributed by atoms with Gasteiger partial charge in [-0.05, 0) is 44.9 Å². The van der Waals surface area contributed by atoms with Gasteiger partial charge in [0.05, 0.1) is 15.6 Å². The molecule has 1 aliphatic heterocycles. The summed E-state index contributed by atoms with van der Waals surface area (Å²) in [6, 6.07) is 6.43. The van der Waals surface area contributed by atoms with E-state index in [9.17, 15) is 13.2 Å². The van der Waals surface area contributed by atoms with E-state index < -0.39 is 10.0 Å². The Morgan fingerprint density at radius 3 is 2.56 bits per heavy atom. The Morgan fingerprint density at radius 2 is 1.92 bits per heavy atom. The first-order chi connectivity index (χ1) is 11.9. The van der Waals surface area contributed by atoms with Gasteiger partial charge in [-0.25, -0.2) is 13.4 Å². The van der Waals surface area contributed by atoms with Crippen molar-refractivity contribution in [2.24, 2.45) is 0 Å². The first kappa shape index (κ1) is 18.0. The second kappa shape index (κ2) is 7.23. The van der Waals surface area contributed by atoms with Gasteiger partial charge in [0.15, 0.2) is 0 Å². The number of carbonyl (C=O) groups excluding carboxylic acids is 1. The largest absolute Gasteiger partial charge is 0.321 e. The van der Waals surface area contributed by atoms with Crippen molar-refractivity contribution in [2.45, 2.75) is 38.0 Å². The van der Waals surface area contributed by atoms with Gasteiger partial charge < -0.3 is 5.32 Å². The van der Waals surface area contributed by atoms with Gasteiger partial charge in [-0.2, -0.15) is 4.31 Å². The Balaban J connectivity index is 1.81. The van der Waals surface area contributed by atoms with Gasteiger partial charge in [0.2, 0.25) is 10.0 Å². The Bertz CT molecular complexity index is 884. The number of hydrogen-bond donors (Lipinski definition) is 1. The summed E-state index contributed by atoms with van der Waals surface area (Å²) in [5, 5.41) is 3.60. The lowest BCUT2D eigenvalue weighted by Gasteiger charge is -2.26. The SMILES string of the molecule is Cc1nc(C)c(C(=O)Nc2cccc(S(=O)(=O)N3CCCCC3)c2)s1. The topological polar surface area (TPSA) is 79.4 Å². The summed E-state index contributed by atoms with van der Waals surface area (Å²) < 4.78 is 27.0. The molecule has 1 aliphatic rings. The number of sulfonamides is 1. The lowest BCUT2D eigenvalue weighted by atomic mass is 10.2. The Kier molecular flexibility index (Phi) is 5.21. The minimum Gasteiger partial charge on any atom is -0.321 e. The summed E-state index contributed by atoms with van der Waals surface area (Å²) >= 11 is 1.32. The smallest absolute Gasteiger partial charge is 0.267 e. The molecule has 25 heavy (non-hydrogen) atoms. The quantitative estimate of drug-likeness (QED) is 0.885. The normalized spacial score (nSPS) is 15.9. The van der Waals surface area contributed by atoms with Crippen LogP contribution in [-0.4, -0.2) is 36.7 Å². The Hall–Kier alpha value is -1.77. The maximum atomic E-state index is 12.8. The maximum absolute atomic E-state index is 12.8. The number of amides is 1. The van der Waals surface area contributed by atoms with Gasteiger partial charge in [0.25, 0.3) is 5.91 Å². The van der Waals surface area contributed by atoms with Gasteiger partial charge in [-0.3, -0.25) is 4.79 Å². The molecule has 0 unspecified atom stereocenters. The molecule has 3 rings (SSSR count). The van der Waals surface area contributed by atoms with Crippen LogP contribution in [0.4, 0.5) is 5.69 Å². The van der Waals surface area contributed by atoms with E-state index in [1.165, 1.54) is 21.7 Å². The van der Waals surface area contributed by atoms with Crippen molar-refractivity contribution in [3.05, 3.63) is 39.8 Å². The summed E-state index contributed by atoms with van der Waals surface area (Å²) in [7, 11) is -3.52. The predicted molar refractivity (Wildman–Crippen MR) is 98.6 cm³/mol. The van der Waals surface area contributed by atoms with Crippen LogP contribution in [-0.2, 0) is 10.0 Å². The Labute approximate surface area is 151 Å². The third kappa shape index (κ3) is 3.91. The summed E-state index contributed by atoms with van der Waals surface area (Å²) in [5.74, 6) is -0.268. The van der Waals surface area contributed by atoms with Crippen LogP contribution in [0, 0.1) is 13.8 Å². The second-order valence-electron chi connectivity index (χ2n) is 6.09. The molecule has 1 aromatic heterocycles. The fraction of sp³-hybridized carbons (Fsp3) is 0.412. The highest BCUT2D eigenvalue weighted by atomic mass is 32.2. The number of nitrogens with zero attached hydrogens (tertiary/aromatic N) is 2. The summed E-state index contributed by atoms with van der Waals surface area (Å²) in [6.07, 6.45) is 2.84. The molecule has 0 bridgehead atoms. The number of aryl methyl sites for hydroxylation is 2. The van der Waals surface area contributed by atoms with Crippen LogP contribution in [0.2, 0.25) is 0 Å². The fourth-order valence-corrected chi connectivity index (χ4v) is 5.30. The van der Waals surface area contributed by atoms with E-state index >= 15 is 0 Å². The zero-order valence-electron chi connectivity index (χ0n) is 14.3. The molecule has 0 spiro atoms. The Morgan fingerprint density at radius 1 is 1.20 bits per heavy atom. The number of rotatable bonds is 4. The van der Waals surface area contributed by atoms with Crippen molar-refractivity contribution in [3.8, 4) is 0 Å². The molecular formula is C17H21N3O3S2. The molecule has 0 radical (unpaired) electrons. The van der Waals surface area contributed by atoms with Crippen LogP contribution < -0.4 is 5.32 Å². The highest BCUT2D eigenvalue weighted by Gasteiger charge is 2.26. The van der Waals surface area contributed by atoms with Gasteiger partial charge in [0.1, 0.15) is 4.88 Å². The van der Waals surface area contributed by atoms with Crippen molar-refractivity contribution < 1.29 is 13.2 Å². The van der Waals surface area contributed by atoms with E-state index in [0.717, 1.165) is 24.3 Å². The number of aromatic nitrogens is 1. The van der Waals surface area contributed by atoms with E-state index in [0.29, 0.717) is 29.3 Å². The van der Waals surface area contributed by atoms with E-state index in [1.807, 2.05) is 6.92 Å². The first-order valence-electron chi connectivity index (χ1n) is 8.23. The monoisotopic (exact) mass is 379 g/mol. The van der Waals surface area contributed by atoms with Gasteiger partial charge in [-0.15, -0.1) is 11.3 Å². The van der Waals surface area contributed by atoms with E-state index in [4.69, 9.17) is 0 Å². The van der Waals surface area contributed by atoms with Crippen LogP contribution in [0.1, 0.15) is 39.6 Å². The molecule has 6 nitrogen and oxygen atoms in total. The third-order valence-corrected chi connectivity index (χ3v) is 7.12. The lowest BCUT2D eigenvalue weighted by molar-refractivity contribution is 0.102. The predicted octanol–water partition coefficient (Wildman–Crippen LogP) is 3.19. The minimum absolute atomic E-state index is 0.212. The molecule has 0 aliphatic carbocycles. The van der Waals surface area contributed by atoms with Gasteiger partial charge in [-0.1, -0.05) is 12.5 Å². The highest BCUT2D eigenvalue weighted by molar-refractivity contribution is 7.89. The maximum Gasteiger partial charge on any atom is 0.267 e. The van der Waals surface area contributed by atoms with E-state index in [-0.39, 0.29) is 10.8 Å². The molecule has 0 atom stereocenters.